The van der Waals surface area contributed by atoms with E-state index in [1.807, 2.05) is 0 Å². The standard InChI is InChI=1S/C10H13N.B/c1-8-10-6-4-3-5-9(10)7-11(8)2;/h3-6,8H,7H2,1-2H3;/t8-;/m1./s1. The summed E-state index contributed by atoms with van der Waals surface area (Å²) < 4.78 is 0. The molecule has 1 heterocycles. The van der Waals surface area contributed by atoms with Crippen molar-refractivity contribution >= 4 is 8.41 Å². The molecule has 2 heteroatoms. The Morgan fingerprint density at radius 2 is 2.00 bits per heavy atom. The van der Waals surface area contributed by atoms with E-state index >= 15 is 0 Å². The zero-order chi connectivity index (χ0) is 7.84. The van der Waals surface area contributed by atoms with E-state index in [-0.39, 0.29) is 8.41 Å². The first-order valence-electron chi connectivity index (χ1n) is 4.07. The molecule has 0 saturated heterocycles. The summed E-state index contributed by atoms with van der Waals surface area (Å²) in [7, 11) is 2.17. The molecular weight excluding hydrogens is 145 g/mol. The Hall–Kier alpha value is -0.755. The molecule has 0 unspecified atom stereocenters. The van der Waals surface area contributed by atoms with Gasteiger partial charge in [0.15, 0.2) is 0 Å². The van der Waals surface area contributed by atoms with Crippen molar-refractivity contribution in [3.8, 4) is 0 Å². The second-order valence-electron chi connectivity index (χ2n) is 3.29. The molecule has 0 N–H and O–H groups in total. The maximum absolute atomic E-state index is 2.37. The van der Waals surface area contributed by atoms with Gasteiger partial charge in [-0.25, -0.2) is 0 Å². The smallest absolute Gasteiger partial charge is 0.0323 e. The highest BCUT2D eigenvalue weighted by molar-refractivity contribution is 5.75. The molecular formula is C10H13BN. The van der Waals surface area contributed by atoms with Gasteiger partial charge in [-0.1, -0.05) is 24.3 Å². The monoisotopic (exact) mass is 158 g/mol. The second kappa shape index (κ2) is 3.32. The van der Waals surface area contributed by atoms with Crippen LogP contribution in [0.2, 0.25) is 0 Å². The largest absolute Gasteiger partial charge is 0.295 e. The highest BCUT2D eigenvalue weighted by Crippen LogP contribution is 2.30. The number of fused-ring (bicyclic) bond motifs is 1. The molecule has 1 nitrogen and oxygen atoms in total. The van der Waals surface area contributed by atoms with Crippen LogP contribution < -0.4 is 0 Å². The third-order valence-electron chi connectivity index (χ3n) is 2.59. The van der Waals surface area contributed by atoms with Crippen LogP contribution in [-0.2, 0) is 6.54 Å². The molecule has 0 aliphatic carbocycles. The van der Waals surface area contributed by atoms with Crippen molar-refractivity contribution in [3.63, 3.8) is 0 Å². The first-order chi connectivity index (χ1) is 5.29. The minimum atomic E-state index is 0. The highest BCUT2D eigenvalue weighted by atomic mass is 15.1. The van der Waals surface area contributed by atoms with E-state index in [0.29, 0.717) is 6.04 Å². The number of hydrogen-bond acceptors (Lipinski definition) is 1. The maximum atomic E-state index is 2.37. The lowest BCUT2D eigenvalue weighted by Crippen LogP contribution is -2.12. The van der Waals surface area contributed by atoms with Crippen molar-refractivity contribution in [3.05, 3.63) is 35.4 Å². The van der Waals surface area contributed by atoms with Gasteiger partial charge in [0.2, 0.25) is 0 Å². The number of rotatable bonds is 0. The molecule has 61 valence electrons. The molecule has 1 aromatic rings. The van der Waals surface area contributed by atoms with Crippen molar-refractivity contribution in [1.82, 2.24) is 4.90 Å². The first kappa shape index (κ1) is 9.33. The normalized spacial score (nSPS) is 21.7. The van der Waals surface area contributed by atoms with Crippen molar-refractivity contribution < 1.29 is 0 Å². The molecule has 3 radical (unpaired) electrons. The molecule has 0 spiro atoms. The second-order valence-corrected chi connectivity index (χ2v) is 3.29. The van der Waals surface area contributed by atoms with E-state index in [9.17, 15) is 0 Å². The lowest BCUT2D eigenvalue weighted by molar-refractivity contribution is 0.286. The molecule has 0 amide bonds. The Bertz CT molecular complexity index is 272. The van der Waals surface area contributed by atoms with Gasteiger partial charge in [-0.05, 0) is 25.1 Å². The van der Waals surface area contributed by atoms with Crippen LogP contribution in [0.25, 0.3) is 0 Å². The summed E-state index contributed by atoms with van der Waals surface area (Å²) in [6.45, 7) is 3.36. The topological polar surface area (TPSA) is 3.24 Å². The Kier molecular flexibility index (Phi) is 2.58. The fourth-order valence-electron chi connectivity index (χ4n) is 1.73. The maximum Gasteiger partial charge on any atom is 0.0323 e. The Labute approximate surface area is 76.0 Å². The molecule has 1 atom stereocenters. The molecule has 1 aromatic carbocycles. The number of nitrogens with zero attached hydrogens (tertiary/aromatic N) is 1. The zero-order valence-electron chi connectivity index (χ0n) is 7.62. The van der Waals surface area contributed by atoms with Gasteiger partial charge in [-0.15, -0.1) is 0 Å². The summed E-state index contributed by atoms with van der Waals surface area (Å²) >= 11 is 0. The van der Waals surface area contributed by atoms with Gasteiger partial charge in [0, 0.05) is 21.0 Å². The van der Waals surface area contributed by atoms with Gasteiger partial charge < -0.3 is 0 Å². The van der Waals surface area contributed by atoms with E-state index in [2.05, 4.69) is 43.1 Å². The molecule has 1 aliphatic rings. The fourth-order valence-corrected chi connectivity index (χ4v) is 1.73. The summed E-state index contributed by atoms with van der Waals surface area (Å²) in [6, 6.07) is 9.28. The van der Waals surface area contributed by atoms with Gasteiger partial charge in [-0.2, -0.15) is 0 Å². The Morgan fingerprint density at radius 1 is 1.33 bits per heavy atom. The Morgan fingerprint density at radius 3 is 2.67 bits per heavy atom. The van der Waals surface area contributed by atoms with E-state index < -0.39 is 0 Å². The SMILES string of the molecule is C[C@@H]1c2ccccc2CN1C.[B]. The number of hydrogen-bond donors (Lipinski definition) is 0. The molecule has 12 heavy (non-hydrogen) atoms. The van der Waals surface area contributed by atoms with Crippen LogP contribution in [0.1, 0.15) is 24.1 Å². The molecule has 0 fully saturated rings. The highest BCUT2D eigenvalue weighted by Gasteiger charge is 2.21. The molecule has 0 bridgehead atoms. The average Bonchev–Trinajstić information content (AvgIpc) is 2.30. The molecule has 1 aliphatic heterocycles. The van der Waals surface area contributed by atoms with Gasteiger partial charge in [0.1, 0.15) is 0 Å². The van der Waals surface area contributed by atoms with Crippen molar-refractivity contribution in [2.75, 3.05) is 7.05 Å². The Balaban J connectivity index is 0.000000720. The van der Waals surface area contributed by atoms with Crippen molar-refractivity contribution in [1.29, 1.82) is 0 Å². The van der Waals surface area contributed by atoms with E-state index in [0.717, 1.165) is 6.54 Å². The van der Waals surface area contributed by atoms with E-state index in [1.54, 1.807) is 0 Å². The summed E-state index contributed by atoms with van der Waals surface area (Å²) in [6.07, 6.45) is 0. The van der Waals surface area contributed by atoms with Crippen molar-refractivity contribution in [2.24, 2.45) is 0 Å². The van der Waals surface area contributed by atoms with Crippen LogP contribution in [0.4, 0.5) is 0 Å². The summed E-state index contributed by atoms with van der Waals surface area (Å²) in [5, 5.41) is 0. The number of benzene rings is 1. The minimum absolute atomic E-state index is 0. The lowest BCUT2D eigenvalue weighted by atomic mass is 10.1. The zero-order valence-corrected chi connectivity index (χ0v) is 7.62. The molecule has 0 aromatic heterocycles. The van der Waals surface area contributed by atoms with Crippen LogP contribution >= 0.6 is 0 Å². The van der Waals surface area contributed by atoms with Gasteiger partial charge >= 0.3 is 0 Å². The summed E-state index contributed by atoms with van der Waals surface area (Å²) in [4.78, 5) is 2.37. The van der Waals surface area contributed by atoms with Gasteiger partial charge in [0.05, 0.1) is 0 Å². The average molecular weight is 158 g/mol. The lowest BCUT2D eigenvalue weighted by Gasteiger charge is -2.13. The minimum Gasteiger partial charge on any atom is -0.295 e. The van der Waals surface area contributed by atoms with Gasteiger partial charge in [-0.3, -0.25) is 4.90 Å². The third kappa shape index (κ3) is 1.27. The third-order valence-corrected chi connectivity index (χ3v) is 2.59. The fraction of sp³-hybridized carbons (Fsp3) is 0.400. The van der Waals surface area contributed by atoms with Crippen LogP contribution in [0.15, 0.2) is 24.3 Å². The van der Waals surface area contributed by atoms with Crippen LogP contribution in [-0.4, -0.2) is 20.4 Å². The van der Waals surface area contributed by atoms with Crippen molar-refractivity contribution in [2.45, 2.75) is 19.5 Å². The predicted octanol–water partition coefficient (Wildman–Crippen LogP) is 1.81. The quantitative estimate of drug-likeness (QED) is 0.520. The summed E-state index contributed by atoms with van der Waals surface area (Å²) in [5.74, 6) is 0. The van der Waals surface area contributed by atoms with E-state index in [1.165, 1.54) is 11.1 Å². The summed E-state index contributed by atoms with van der Waals surface area (Å²) in [5.41, 5.74) is 2.98. The van der Waals surface area contributed by atoms with Gasteiger partial charge in [0.25, 0.3) is 0 Å². The molecule has 0 saturated carbocycles. The van der Waals surface area contributed by atoms with Crippen LogP contribution in [0.5, 0.6) is 0 Å². The van der Waals surface area contributed by atoms with Crippen LogP contribution in [0.3, 0.4) is 0 Å². The predicted molar refractivity (Wildman–Crippen MR) is 52.1 cm³/mol. The first-order valence-corrected chi connectivity index (χ1v) is 4.07. The van der Waals surface area contributed by atoms with E-state index in [4.69, 9.17) is 0 Å². The molecule has 2 rings (SSSR count). The van der Waals surface area contributed by atoms with Crippen LogP contribution in [0, 0.1) is 0 Å².